The topological polar surface area (TPSA) is 94.0 Å². The van der Waals surface area contributed by atoms with Crippen molar-refractivity contribution in [2.24, 2.45) is 5.73 Å². The van der Waals surface area contributed by atoms with Gasteiger partial charge in [-0.2, -0.15) is 0 Å². The molecular weight excluding hydrogens is 288 g/mol. The van der Waals surface area contributed by atoms with Crippen LogP contribution in [0.15, 0.2) is 27.8 Å². The zero-order valence-corrected chi connectivity index (χ0v) is 12.9. The summed E-state index contributed by atoms with van der Waals surface area (Å²) in [5.41, 5.74) is 8.45. The molecule has 1 aromatic heterocycles. The molecule has 0 bridgehead atoms. The molecule has 112 valence electrons. The van der Waals surface area contributed by atoms with Crippen LogP contribution in [0.2, 0.25) is 0 Å². The van der Waals surface area contributed by atoms with E-state index >= 15 is 0 Å². The van der Waals surface area contributed by atoms with Crippen LogP contribution in [0.1, 0.15) is 23.9 Å². The Hall–Kier alpha value is -1.86. The van der Waals surface area contributed by atoms with Crippen LogP contribution in [0.3, 0.4) is 0 Å². The number of carbonyl (C=O) groups excluding carboxylic acids is 1. The van der Waals surface area contributed by atoms with Gasteiger partial charge in [0.25, 0.3) is 5.22 Å². The highest BCUT2D eigenvalue weighted by Crippen LogP contribution is 2.22. The number of rotatable bonds is 6. The number of hydrogen-bond donors (Lipinski definition) is 2. The maximum absolute atomic E-state index is 12.0. The Kier molecular flexibility index (Phi) is 5.35. The minimum Gasteiger partial charge on any atom is -0.415 e. The minimum atomic E-state index is -0.100. The molecule has 0 aliphatic rings. The van der Waals surface area contributed by atoms with Crippen LogP contribution < -0.4 is 11.1 Å². The van der Waals surface area contributed by atoms with Gasteiger partial charge < -0.3 is 15.5 Å². The highest BCUT2D eigenvalue weighted by molar-refractivity contribution is 7.99. The van der Waals surface area contributed by atoms with Crippen molar-refractivity contribution in [3.63, 3.8) is 0 Å². The Balaban J connectivity index is 1.96. The third-order valence-corrected chi connectivity index (χ3v) is 3.77. The number of amides is 1. The van der Waals surface area contributed by atoms with Crippen LogP contribution in [0, 0.1) is 6.92 Å². The molecular formula is C14H18N4O2S. The van der Waals surface area contributed by atoms with Crippen LogP contribution in [0.4, 0.5) is 5.69 Å². The monoisotopic (exact) mass is 306 g/mol. The molecule has 1 amide bonds. The number of anilines is 1. The largest absolute Gasteiger partial charge is 0.415 e. The molecule has 0 saturated carbocycles. The molecule has 3 N–H and O–H groups in total. The molecule has 1 heterocycles. The quantitative estimate of drug-likeness (QED) is 0.794. The van der Waals surface area contributed by atoms with E-state index in [1.807, 2.05) is 25.1 Å². The first-order chi connectivity index (χ1) is 10.1. The van der Waals surface area contributed by atoms with Gasteiger partial charge in [0.15, 0.2) is 0 Å². The Morgan fingerprint density at radius 1 is 1.43 bits per heavy atom. The van der Waals surface area contributed by atoms with Gasteiger partial charge in [-0.1, -0.05) is 36.9 Å². The van der Waals surface area contributed by atoms with Gasteiger partial charge in [0.05, 0.1) is 12.3 Å². The summed E-state index contributed by atoms with van der Waals surface area (Å²) >= 11 is 1.20. The summed E-state index contributed by atoms with van der Waals surface area (Å²) in [6, 6.07) is 5.99. The fourth-order valence-corrected chi connectivity index (χ4v) is 2.46. The summed E-state index contributed by atoms with van der Waals surface area (Å²) in [7, 11) is 0. The summed E-state index contributed by atoms with van der Waals surface area (Å²) in [5, 5.41) is 10.8. The molecule has 6 nitrogen and oxygen atoms in total. The van der Waals surface area contributed by atoms with Gasteiger partial charge in [-0.15, -0.1) is 10.2 Å². The second-order valence-corrected chi connectivity index (χ2v) is 5.39. The van der Waals surface area contributed by atoms with E-state index in [9.17, 15) is 4.79 Å². The molecule has 2 aromatic rings. The normalized spacial score (nSPS) is 10.6. The average molecular weight is 306 g/mol. The van der Waals surface area contributed by atoms with Crippen molar-refractivity contribution in [3.05, 3.63) is 35.2 Å². The maximum atomic E-state index is 12.0. The second-order valence-electron chi connectivity index (χ2n) is 4.47. The molecule has 0 aliphatic carbocycles. The lowest BCUT2D eigenvalue weighted by Gasteiger charge is -2.12. The van der Waals surface area contributed by atoms with Crippen molar-refractivity contribution in [2.45, 2.75) is 32.0 Å². The summed E-state index contributed by atoms with van der Waals surface area (Å²) in [4.78, 5) is 12.0. The first-order valence-electron chi connectivity index (χ1n) is 6.67. The first kappa shape index (κ1) is 15.5. The predicted molar refractivity (Wildman–Crippen MR) is 82.1 cm³/mol. The van der Waals surface area contributed by atoms with Crippen LogP contribution in [0.25, 0.3) is 0 Å². The number of nitrogens with two attached hydrogens (primary N) is 1. The summed E-state index contributed by atoms with van der Waals surface area (Å²) in [6.07, 6.45) is 0.869. The molecule has 0 radical (unpaired) electrons. The van der Waals surface area contributed by atoms with Gasteiger partial charge in [-0.3, -0.25) is 4.79 Å². The minimum absolute atomic E-state index is 0.100. The lowest BCUT2D eigenvalue weighted by molar-refractivity contribution is -0.113. The zero-order valence-electron chi connectivity index (χ0n) is 12.0. The number of thioether (sulfide) groups is 1. The van der Waals surface area contributed by atoms with E-state index in [0.29, 0.717) is 11.1 Å². The van der Waals surface area contributed by atoms with E-state index in [-0.39, 0.29) is 18.2 Å². The van der Waals surface area contributed by atoms with Crippen molar-refractivity contribution < 1.29 is 9.21 Å². The SMILES string of the molecule is CCc1cccc(C)c1NC(=O)CSc1nnc(CN)o1. The van der Waals surface area contributed by atoms with Gasteiger partial charge in [0.1, 0.15) is 0 Å². The van der Waals surface area contributed by atoms with Gasteiger partial charge >= 0.3 is 0 Å². The number of nitrogens with zero attached hydrogens (tertiary/aromatic N) is 2. The molecule has 0 atom stereocenters. The van der Waals surface area contributed by atoms with E-state index in [0.717, 1.165) is 23.2 Å². The lowest BCUT2D eigenvalue weighted by atomic mass is 10.1. The Labute approximate surface area is 127 Å². The summed E-state index contributed by atoms with van der Waals surface area (Å²) in [6.45, 7) is 4.24. The standard InChI is InChI=1S/C14H18N4O2S/c1-3-10-6-4-5-9(2)13(10)16-11(19)8-21-14-18-17-12(7-15)20-14/h4-6H,3,7-8,15H2,1-2H3,(H,16,19). The van der Waals surface area contributed by atoms with E-state index < -0.39 is 0 Å². The molecule has 0 fully saturated rings. The van der Waals surface area contributed by atoms with E-state index in [1.54, 1.807) is 0 Å². The fourth-order valence-electron chi connectivity index (χ4n) is 1.88. The highest BCUT2D eigenvalue weighted by atomic mass is 32.2. The fraction of sp³-hybridized carbons (Fsp3) is 0.357. The third-order valence-electron chi connectivity index (χ3n) is 2.95. The van der Waals surface area contributed by atoms with Crippen LogP contribution in [-0.2, 0) is 17.8 Å². The molecule has 2 rings (SSSR count). The second kappa shape index (κ2) is 7.24. The zero-order chi connectivity index (χ0) is 15.2. The van der Waals surface area contributed by atoms with E-state index in [2.05, 4.69) is 22.4 Å². The molecule has 0 spiro atoms. The number of carbonyl (C=O) groups is 1. The van der Waals surface area contributed by atoms with Crippen LogP contribution in [-0.4, -0.2) is 21.9 Å². The Bertz CT molecular complexity index is 627. The molecule has 0 saturated heterocycles. The van der Waals surface area contributed by atoms with Gasteiger partial charge in [-0.25, -0.2) is 0 Å². The van der Waals surface area contributed by atoms with Crippen molar-refractivity contribution in [2.75, 3.05) is 11.1 Å². The molecule has 1 aromatic carbocycles. The van der Waals surface area contributed by atoms with Crippen molar-refractivity contribution in [1.29, 1.82) is 0 Å². The summed E-state index contributed by atoms with van der Waals surface area (Å²) < 4.78 is 5.24. The van der Waals surface area contributed by atoms with Gasteiger partial charge in [-0.05, 0) is 24.5 Å². The molecule has 7 heteroatoms. The van der Waals surface area contributed by atoms with Crippen molar-refractivity contribution in [3.8, 4) is 0 Å². The number of hydrogen-bond acceptors (Lipinski definition) is 6. The van der Waals surface area contributed by atoms with Crippen LogP contribution >= 0.6 is 11.8 Å². The summed E-state index contributed by atoms with van der Waals surface area (Å²) in [5.74, 6) is 0.477. The predicted octanol–water partition coefficient (Wildman–Crippen LogP) is 2.13. The average Bonchev–Trinajstić information content (AvgIpc) is 2.95. The third kappa shape index (κ3) is 4.05. The maximum Gasteiger partial charge on any atom is 0.277 e. The molecule has 21 heavy (non-hydrogen) atoms. The lowest BCUT2D eigenvalue weighted by Crippen LogP contribution is -2.16. The van der Waals surface area contributed by atoms with Gasteiger partial charge in [0.2, 0.25) is 11.8 Å². The molecule has 0 aliphatic heterocycles. The molecule has 0 unspecified atom stereocenters. The van der Waals surface area contributed by atoms with Crippen molar-refractivity contribution in [1.82, 2.24) is 10.2 Å². The van der Waals surface area contributed by atoms with E-state index in [4.69, 9.17) is 10.2 Å². The number of aryl methyl sites for hydroxylation is 2. The highest BCUT2D eigenvalue weighted by Gasteiger charge is 2.11. The number of nitrogens with one attached hydrogen (secondary N) is 1. The van der Waals surface area contributed by atoms with E-state index in [1.165, 1.54) is 11.8 Å². The Morgan fingerprint density at radius 2 is 2.24 bits per heavy atom. The number of para-hydroxylation sites is 1. The Morgan fingerprint density at radius 3 is 2.90 bits per heavy atom. The van der Waals surface area contributed by atoms with Crippen molar-refractivity contribution >= 4 is 23.4 Å². The van der Waals surface area contributed by atoms with Crippen LogP contribution in [0.5, 0.6) is 0 Å². The number of benzene rings is 1. The first-order valence-corrected chi connectivity index (χ1v) is 7.66. The number of aromatic nitrogens is 2. The smallest absolute Gasteiger partial charge is 0.277 e. The van der Waals surface area contributed by atoms with Gasteiger partial charge in [0, 0.05) is 5.69 Å².